The lowest BCUT2D eigenvalue weighted by atomic mass is 10.2. The molecule has 1 aromatic carbocycles. The van der Waals surface area contributed by atoms with Gasteiger partial charge in [-0.25, -0.2) is 4.39 Å². The van der Waals surface area contributed by atoms with Crippen molar-refractivity contribution in [1.82, 2.24) is 0 Å². The van der Waals surface area contributed by atoms with E-state index in [1.54, 1.807) is 19.9 Å². The van der Waals surface area contributed by atoms with Crippen LogP contribution in [0.4, 0.5) is 10.1 Å². The first kappa shape index (κ1) is 14.3. The maximum Gasteiger partial charge on any atom is 0.307 e. The van der Waals surface area contributed by atoms with Crippen LogP contribution in [0.15, 0.2) is 18.2 Å². The average Bonchev–Trinajstić information content (AvgIpc) is 2.32. The average molecular weight is 255 g/mol. The molecule has 0 heterocycles. The van der Waals surface area contributed by atoms with Gasteiger partial charge in [0.25, 0.3) is 0 Å². The molecule has 1 N–H and O–H groups in total. The zero-order valence-corrected chi connectivity index (χ0v) is 10.8. The Bertz CT molecular complexity index is 409. The summed E-state index contributed by atoms with van der Waals surface area (Å²) in [6, 6.07) is 4.19. The summed E-state index contributed by atoms with van der Waals surface area (Å²) in [7, 11) is 1.51. The monoisotopic (exact) mass is 255 g/mol. The van der Waals surface area contributed by atoms with E-state index in [-0.39, 0.29) is 24.2 Å². The molecule has 0 amide bonds. The van der Waals surface area contributed by atoms with Gasteiger partial charge in [0.1, 0.15) is 11.6 Å². The number of hydrogen-bond donors (Lipinski definition) is 1. The van der Waals surface area contributed by atoms with E-state index >= 15 is 0 Å². The van der Waals surface area contributed by atoms with E-state index in [4.69, 9.17) is 9.47 Å². The summed E-state index contributed by atoms with van der Waals surface area (Å²) in [5, 5.41) is 2.92. The standard InChI is InChI=1S/C13H18FNO3/c1-4-18-13(16)7-9(2)15-12-8-10(17-3)5-6-11(12)14/h5-6,8-9,15H,4,7H2,1-3H3. The minimum Gasteiger partial charge on any atom is -0.497 e. The molecule has 1 unspecified atom stereocenters. The summed E-state index contributed by atoms with van der Waals surface area (Å²) in [6.45, 7) is 3.88. The number of anilines is 1. The lowest BCUT2D eigenvalue weighted by Gasteiger charge is -2.15. The van der Waals surface area contributed by atoms with Gasteiger partial charge in [-0.2, -0.15) is 0 Å². The van der Waals surface area contributed by atoms with Gasteiger partial charge in [0.15, 0.2) is 0 Å². The van der Waals surface area contributed by atoms with Crippen LogP contribution in [-0.2, 0) is 9.53 Å². The molecule has 0 aliphatic heterocycles. The predicted molar refractivity (Wildman–Crippen MR) is 67.3 cm³/mol. The zero-order chi connectivity index (χ0) is 13.5. The Morgan fingerprint density at radius 2 is 2.22 bits per heavy atom. The van der Waals surface area contributed by atoms with Crippen LogP contribution in [-0.4, -0.2) is 25.7 Å². The van der Waals surface area contributed by atoms with Crippen molar-refractivity contribution >= 4 is 11.7 Å². The molecule has 4 nitrogen and oxygen atoms in total. The van der Waals surface area contributed by atoms with Gasteiger partial charge in [-0.3, -0.25) is 4.79 Å². The van der Waals surface area contributed by atoms with Crippen molar-refractivity contribution in [3.8, 4) is 5.75 Å². The number of nitrogens with one attached hydrogen (secondary N) is 1. The second kappa shape index (κ2) is 6.83. The molecular formula is C13H18FNO3. The molecular weight excluding hydrogens is 237 g/mol. The number of carbonyl (C=O) groups is 1. The summed E-state index contributed by atoms with van der Waals surface area (Å²) in [5.41, 5.74) is 0.311. The highest BCUT2D eigenvalue weighted by atomic mass is 19.1. The Kier molecular flexibility index (Phi) is 5.42. The van der Waals surface area contributed by atoms with Gasteiger partial charge in [0, 0.05) is 12.1 Å². The third kappa shape index (κ3) is 4.24. The summed E-state index contributed by atoms with van der Waals surface area (Å²) in [5.74, 6) is -0.130. The molecule has 0 saturated carbocycles. The second-order valence-electron chi connectivity index (χ2n) is 3.90. The molecule has 1 atom stereocenters. The van der Waals surface area contributed by atoms with E-state index in [0.717, 1.165) is 0 Å². The molecule has 1 aromatic rings. The van der Waals surface area contributed by atoms with E-state index < -0.39 is 0 Å². The number of benzene rings is 1. The summed E-state index contributed by atoms with van der Waals surface area (Å²) in [6.07, 6.45) is 0.185. The minimum absolute atomic E-state index is 0.185. The SMILES string of the molecule is CCOC(=O)CC(C)Nc1cc(OC)ccc1F. The van der Waals surface area contributed by atoms with Crippen molar-refractivity contribution in [2.45, 2.75) is 26.3 Å². The van der Waals surface area contributed by atoms with Crippen molar-refractivity contribution in [2.24, 2.45) is 0 Å². The molecule has 0 aromatic heterocycles. The molecule has 18 heavy (non-hydrogen) atoms. The Morgan fingerprint density at radius 3 is 2.83 bits per heavy atom. The van der Waals surface area contributed by atoms with Crippen LogP contribution in [0.2, 0.25) is 0 Å². The summed E-state index contributed by atoms with van der Waals surface area (Å²) >= 11 is 0. The molecule has 0 spiro atoms. The number of esters is 1. The van der Waals surface area contributed by atoms with Crippen molar-refractivity contribution in [1.29, 1.82) is 0 Å². The van der Waals surface area contributed by atoms with Crippen LogP contribution in [0.3, 0.4) is 0 Å². The number of hydrogen-bond acceptors (Lipinski definition) is 4. The number of rotatable bonds is 6. The van der Waals surface area contributed by atoms with Crippen LogP contribution in [0.1, 0.15) is 20.3 Å². The van der Waals surface area contributed by atoms with Gasteiger partial charge < -0.3 is 14.8 Å². The Labute approximate surface area is 106 Å². The van der Waals surface area contributed by atoms with E-state index in [1.807, 2.05) is 0 Å². The highest BCUT2D eigenvalue weighted by Gasteiger charge is 2.12. The quantitative estimate of drug-likeness (QED) is 0.794. The number of carbonyl (C=O) groups excluding carboxylic acids is 1. The second-order valence-corrected chi connectivity index (χ2v) is 3.90. The lowest BCUT2D eigenvalue weighted by Crippen LogP contribution is -2.21. The Morgan fingerprint density at radius 1 is 1.50 bits per heavy atom. The van der Waals surface area contributed by atoms with Gasteiger partial charge in [0.2, 0.25) is 0 Å². The van der Waals surface area contributed by atoms with Crippen molar-refractivity contribution in [3.05, 3.63) is 24.0 Å². The van der Waals surface area contributed by atoms with Gasteiger partial charge in [-0.15, -0.1) is 0 Å². The van der Waals surface area contributed by atoms with Crippen LogP contribution in [0.25, 0.3) is 0 Å². The molecule has 0 bridgehead atoms. The molecule has 0 aliphatic carbocycles. The van der Waals surface area contributed by atoms with E-state index in [9.17, 15) is 9.18 Å². The lowest BCUT2D eigenvalue weighted by molar-refractivity contribution is -0.143. The first-order valence-electron chi connectivity index (χ1n) is 5.82. The maximum absolute atomic E-state index is 13.5. The first-order valence-corrected chi connectivity index (χ1v) is 5.82. The largest absolute Gasteiger partial charge is 0.497 e. The summed E-state index contributed by atoms with van der Waals surface area (Å²) in [4.78, 5) is 11.3. The highest BCUT2D eigenvalue weighted by Crippen LogP contribution is 2.22. The smallest absolute Gasteiger partial charge is 0.307 e. The summed E-state index contributed by atoms with van der Waals surface area (Å²) < 4.78 is 23.4. The number of ether oxygens (including phenoxy) is 2. The van der Waals surface area contributed by atoms with Crippen LogP contribution < -0.4 is 10.1 Å². The van der Waals surface area contributed by atoms with Gasteiger partial charge in [-0.05, 0) is 26.0 Å². The fraction of sp³-hybridized carbons (Fsp3) is 0.462. The van der Waals surface area contributed by atoms with E-state index in [0.29, 0.717) is 18.0 Å². The normalized spacial score (nSPS) is 11.8. The third-order valence-electron chi connectivity index (χ3n) is 2.35. The number of methoxy groups -OCH3 is 1. The maximum atomic E-state index is 13.5. The molecule has 0 aliphatic rings. The van der Waals surface area contributed by atoms with Crippen molar-refractivity contribution in [2.75, 3.05) is 19.0 Å². The van der Waals surface area contributed by atoms with Gasteiger partial charge >= 0.3 is 5.97 Å². The van der Waals surface area contributed by atoms with Crippen molar-refractivity contribution < 1.29 is 18.7 Å². The third-order valence-corrected chi connectivity index (χ3v) is 2.35. The van der Waals surface area contributed by atoms with Crippen LogP contribution in [0, 0.1) is 5.82 Å². The number of halogens is 1. The highest BCUT2D eigenvalue weighted by molar-refractivity contribution is 5.70. The van der Waals surface area contributed by atoms with E-state index in [2.05, 4.69) is 5.32 Å². The first-order chi connectivity index (χ1) is 8.56. The molecule has 5 heteroatoms. The molecule has 0 saturated heterocycles. The Hall–Kier alpha value is -1.78. The predicted octanol–water partition coefficient (Wildman–Crippen LogP) is 2.59. The topological polar surface area (TPSA) is 47.6 Å². The molecule has 1 rings (SSSR count). The Balaban J connectivity index is 2.63. The molecule has 100 valence electrons. The van der Waals surface area contributed by atoms with Gasteiger partial charge in [0.05, 0.1) is 25.8 Å². The van der Waals surface area contributed by atoms with Crippen LogP contribution in [0.5, 0.6) is 5.75 Å². The molecule has 0 fully saturated rings. The van der Waals surface area contributed by atoms with E-state index in [1.165, 1.54) is 19.2 Å². The minimum atomic E-state index is -0.383. The van der Waals surface area contributed by atoms with Crippen LogP contribution >= 0.6 is 0 Å². The fourth-order valence-corrected chi connectivity index (χ4v) is 1.53. The zero-order valence-electron chi connectivity index (χ0n) is 10.8. The molecule has 0 radical (unpaired) electrons. The van der Waals surface area contributed by atoms with Gasteiger partial charge in [-0.1, -0.05) is 0 Å². The fourth-order valence-electron chi connectivity index (χ4n) is 1.53. The van der Waals surface area contributed by atoms with Crippen molar-refractivity contribution in [3.63, 3.8) is 0 Å².